The molecule has 132 valence electrons. The Morgan fingerprint density at radius 2 is 1.62 bits per heavy atom. The third-order valence-corrected chi connectivity index (χ3v) is 6.88. The highest BCUT2D eigenvalue weighted by atomic mass is 32.2. The van der Waals surface area contributed by atoms with Crippen molar-refractivity contribution in [3.63, 3.8) is 0 Å². The normalized spacial score (nSPS) is 21.8. The van der Waals surface area contributed by atoms with E-state index < -0.39 is 15.6 Å². The van der Waals surface area contributed by atoms with Gasteiger partial charge in [0.2, 0.25) is 15.9 Å². The summed E-state index contributed by atoms with van der Waals surface area (Å²) in [6, 6.07) is 9.17. The van der Waals surface area contributed by atoms with E-state index in [1.165, 1.54) is 4.31 Å². The summed E-state index contributed by atoms with van der Waals surface area (Å²) in [5.41, 5.74) is 6.28. The number of hydrogen-bond donors (Lipinski definition) is 1. The van der Waals surface area contributed by atoms with Crippen molar-refractivity contribution < 1.29 is 13.2 Å². The quantitative estimate of drug-likeness (QED) is 0.875. The number of nitrogens with zero attached hydrogens (tertiary/aromatic N) is 2. The van der Waals surface area contributed by atoms with Gasteiger partial charge in [-0.15, -0.1) is 0 Å². The van der Waals surface area contributed by atoms with Crippen LogP contribution in [0.5, 0.6) is 0 Å². The molecule has 2 aliphatic rings. The molecule has 2 fully saturated rings. The van der Waals surface area contributed by atoms with Crippen LogP contribution in [0.4, 0.5) is 0 Å². The number of sulfonamides is 1. The van der Waals surface area contributed by atoms with Crippen molar-refractivity contribution in [2.45, 2.75) is 37.0 Å². The maximum Gasteiger partial charge on any atom is 0.242 e. The van der Waals surface area contributed by atoms with E-state index in [1.807, 2.05) is 30.3 Å². The van der Waals surface area contributed by atoms with Gasteiger partial charge in [-0.3, -0.25) is 4.79 Å². The maximum absolute atomic E-state index is 12.6. The molecule has 3 rings (SSSR count). The van der Waals surface area contributed by atoms with Gasteiger partial charge in [-0.25, -0.2) is 8.42 Å². The molecule has 0 radical (unpaired) electrons. The minimum absolute atomic E-state index is 0.00259. The lowest BCUT2D eigenvalue weighted by atomic mass is 9.97. The van der Waals surface area contributed by atoms with Crippen molar-refractivity contribution in [3.05, 3.63) is 35.9 Å². The SMILES string of the molecule is NC1(C(=O)N2CCN(S(=O)(=O)Cc3ccccc3)CC2)CCCC1. The average molecular weight is 351 g/mol. The lowest BCUT2D eigenvalue weighted by Gasteiger charge is -2.37. The van der Waals surface area contributed by atoms with Crippen LogP contribution in [0.15, 0.2) is 30.3 Å². The van der Waals surface area contributed by atoms with Gasteiger partial charge in [0, 0.05) is 26.2 Å². The fraction of sp³-hybridized carbons (Fsp3) is 0.588. The van der Waals surface area contributed by atoms with E-state index in [4.69, 9.17) is 5.73 Å². The molecule has 0 spiro atoms. The molecule has 1 saturated carbocycles. The largest absolute Gasteiger partial charge is 0.338 e. The van der Waals surface area contributed by atoms with E-state index in [2.05, 4.69) is 0 Å². The second kappa shape index (κ2) is 6.82. The standard InChI is InChI=1S/C17H25N3O3S/c18-17(8-4-5-9-17)16(21)19-10-12-20(13-11-19)24(22,23)14-15-6-2-1-3-7-15/h1-3,6-7H,4-5,8-14,18H2. The molecule has 0 aromatic heterocycles. The molecule has 1 heterocycles. The van der Waals surface area contributed by atoms with Gasteiger partial charge in [0.1, 0.15) is 0 Å². The zero-order chi connectivity index (χ0) is 17.2. The Morgan fingerprint density at radius 1 is 1.04 bits per heavy atom. The Kier molecular flexibility index (Phi) is 4.94. The van der Waals surface area contributed by atoms with Crippen LogP contribution >= 0.6 is 0 Å². The molecule has 1 aliphatic heterocycles. The molecule has 1 aromatic rings. The first-order valence-corrected chi connectivity index (χ1v) is 10.1. The number of hydrogen-bond acceptors (Lipinski definition) is 4. The van der Waals surface area contributed by atoms with E-state index in [-0.39, 0.29) is 11.7 Å². The maximum atomic E-state index is 12.6. The summed E-state index contributed by atoms with van der Waals surface area (Å²) in [6.45, 7) is 1.53. The van der Waals surface area contributed by atoms with Crippen LogP contribution < -0.4 is 5.73 Å². The molecule has 0 unspecified atom stereocenters. The zero-order valence-electron chi connectivity index (χ0n) is 13.9. The van der Waals surface area contributed by atoms with E-state index in [9.17, 15) is 13.2 Å². The smallest absolute Gasteiger partial charge is 0.242 e. The number of carbonyl (C=O) groups is 1. The van der Waals surface area contributed by atoms with Gasteiger partial charge in [0.05, 0.1) is 11.3 Å². The molecule has 6 nitrogen and oxygen atoms in total. The fourth-order valence-corrected chi connectivity index (χ4v) is 5.10. The van der Waals surface area contributed by atoms with Crippen molar-refractivity contribution in [3.8, 4) is 0 Å². The van der Waals surface area contributed by atoms with Crippen LogP contribution in [0, 0.1) is 0 Å². The fourth-order valence-electron chi connectivity index (χ4n) is 3.58. The molecular weight excluding hydrogens is 326 g/mol. The molecule has 0 bridgehead atoms. The predicted octanol–water partition coefficient (Wildman–Crippen LogP) is 0.932. The molecule has 7 heteroatoms. The minimum atomic E-state index is -3.36. The number of rotatable bonds is 4. The second-order valence-electron chi connectivity index (χ2n) is 6.80. The van der Waals surface area contributed by atoms with Gasteiger partial charge < -0.3 is 10.6 Å². The zero-order valence-corrected chi connectivity index (χ0v) is 14.7. The molecule has 0 atom stereocenters. The topological polar surface area (TPSA) is 83.7 Å². The van der Waals surface area contributed by atoms with Crippen LogP contribution in [0.25, 0.3) is 0 Å². The first kappa shape index (κ1) is 17.4. The van der Waals surface area contributed by atoms with Crippen LogP contribution in [0.2, 0.25) is 0 Å². The average Bonchev–Trinajstić information content (AvgIpc) is 3.03. The molecular formula is C17H25N3O3S. The minimum Gasteiger partial charge on any atom is -0.338 e. The molecule has 1 aromatic carbocycles. The lowest BCUT2D eigenvalue weighted by molar-refractivity contribution is -0.138. The first-order valence-electron chi connectivity index (χ1n) is 8.51. The molecule has 1 amide bonds. The third-order valence-electron chi connectivity index (χ3n) is 5.03. The highest BCUT2D eigenvalue weighted by molar-refractivity contribution is 7.88. The summed E-state index contributed by atoms with van der Waals surface area (Å²) in [7, 11) is -3.36. The van der Waals surface area contributed by atoms with Crippen molar-refractivity contribution in [2.24, 2.45) is 5.73 Å². The molecule has 1 saturated heterocycles. The predicted molar refractivity (Wildman–Crippen MR) is 92.6 cm³/mol. The van der Waals surface area contributed by atoms with Crippen molar-refractivity contribution in [1.29, 1.82) is 0 Å². The van der Waals surface area contributed by atoms with Gasteiger partial charge >= 0.3 is 0 Å². The Hall–Kier alpha value is -1.44. The monoisotopic (exact) mass is 351 g/mol. The molecule has 24 heavy (non-hydrogen) atoms. The third kappa shape index (κ3) is 3.63. The number of nitrogens with two attached hydrogens (primary N) is 1. The summed E-state index contributed by atoms with van der Waals surface area (Å²) in [5, 5.41) is 0. The van der Waals surface area contributed by atoms with Gasteiger partial charge in [-0.1, -0.05) is 43.2 Å². The lowest BCUT2D eigenvalue weighted by Crippen LogP contribution is -2.59. The Balaban J connectivity index is 1.59. The van der Waals surface area contributed by atoms with Gasteiger partial charge in [0.25, 0.3) is 0 Å². The van der Waals surface area contributed by atoms with E-state index in [1.54, 1.807) is 4.90 Å². The van der Waals surface area contributed by atoms with Gasteiger partial charge in [-0.2, -0.15) is 4.31 Å². The second-order valence-corrected chi connectivity index (χ2v) is 8.77. The summed E-state index contributed by atoms with van der Waals surface area (Å²) < 4.78 is 26.6. The summed E-state index contributed by atoms with van der Waals surface area (Å²) in [4.78, 5) is 14.3. The van der Waals surface area contributed by atoms with Gasteiger partial charge in [-0.05, 0) is 18.4 Å². The van der Waals surface area contributed by atoms with Crippen molar-refractivity contribution >= 4 is 15.9 Å². The Labute approximate surface area is 143 Å². The van der Waals surface area contributed by atoms with Crippen LogP contribution in [0.3, 0.4) is 0 Å². The highest BCUT2D eigenvalue weighted by Gasteiger charge is 2.41. The number of benzene rings is 1. The van der Waals surface area contributed by atoms with E-state index in [0.29, 0.717) is 26.2 Å². The van der Waals surface area contributed by atoms with Crippen LogP contribution in [-0.2, 0) is 20.6 Å². The summed E-state index contributed by atoms with van der Waals surface area (Å²) in [6.07, 6.45) is 3.46. The summed E-state index contributed by atoms with van der Waals surface area (Å²) in [5.74, 6) is -0.0112. The molecule has 2 N–H and O–H groups in total. The number of piperazine rings is 1. The van der Waals surface area contributed by atoms with Crippen LogP contribution in [-0.4, -0.2) is 55.2 Å². The highest BCUT2D eigenvalue weighted by Crippen LogP contribution is 2.29. The van der Waals surface area contributed by atoms with Crippen molar-refractivity contribution in [1.82, 2.24) is 9.21 Å². The van der Waals surface area contributed by atoms with Gasteiger partial charge in [0.15, 0.2) is 0 Å². The van der Waals surface area contributed by atoms with E-state index in [0.717, 1.165) is 31.2 Å². The Morgan fingerprint density at radius 3 is 2.21 bits per heavy atom. The van der Waals surface area contributed by atoms with Crippen molar-refractivity contribution in [2.75, 3.05) is 26.2 Å². The molecule has 1 aliphatic carbocycles. The van der Waals surface area contributed by atoms with Crippen LogP contribution in [0.1, 0.15) is 31.2 Å². The summed E-state index contributed by atoms with van der Waals surface area (Å²) >= 11 is 0. The Bertz CT molecular complexity index is 676. The van der Waals surface area contributed by atoms with E-state index >= 15 is 0 Å². The number of carbonyl (C=O) groups excluding carboxylic acids is 1. The number of amides is 1. The first-order chi connectivity index (χ1) is 11.4.